The average Bonchev–Trinajstić information content (AvgIpc) is 2.73. The van der Waals surface area contributed by atoms with E-state index in [2.05, 4.69) is 46.5 Å². The summed E-state index contributed by atoms with van der Waals surface area (Å²) in [5, 5.41) is 5.78. The summed E-state index contributed by atoms with van der Waals surface area (Å²) in [5.41, 5.74) is 0. The summed E-state index contributed by atoms with van der Waals surface area (Å²) in [6, 6.07) is 2.80. The summed E-state index contributed by atoms with van der Waals surface area (Å²) in [5.74, 6) is 0.621. The summed E-state index contributed by atoms with van der Waals surface area (Å²) in [6.07, 6.45) is 2.70. The third kappa shape index (κ3) is 4.05. The number of rotatable bonds is 4. The van der Waals surface area contributed by atoms with Crippen LogP contribution in [0.4, 0.5) is 0 Å². The second kappa shape index (κ2) is 6.32. The van der Waals surface area contributed by atoms with Crippen molar-refractivity contribution >= 4 is 27.3 Å². The maximum Gasteiger partial charge on any atom is 0.0612 e. The maximum atomic E-state index is 5.78. The topological polar surface area (TPSA) is 21.3 Å². The summed E-state index contributed by atoms with van der Waals surface area (Å²) < 4.78 is 6.97. The first-order valence-electron chi connectivity index (χ1n) is 6.23. The lowest BCUT2D eigenvalue weighted by atomic mass is 9.95. The van der Waals surface area contributed by atoms with E-state index >= 15 is 0 Å². The van der Waals surface area contributed by atoms with Crippen LogP contribution in [0, 0.1) is 5.92 Å². The van der Waals surface area contributed by atoms with Crippen LogP contribution in [-0.2, 0) is 11.3 Å². The first-order valence-corrected chi connectivity index (χ1v) is 7.90. The molecule has 0 radical (unpaired) electrons. The lowest BCUT2D eigenvalue weighted by Gasteiger charge is -2.32. The van der Waals surface area contributed by atoms with Gasteiger partial charge in [-0.1, -0.05) is 13.8 Å². The van der Waals surface area contributed by atoms with E-state index in [0.29, 0.717) is 18.1 Å². The molecule has 1 saturated heterocycles. The minimum atomic E-state index is 0.427. The minimum Gasteiger partial charge on any atom is -0.378 e. The number of nitrogens with one attached hydrogen (secondary N) is 1. The number of ether oxygens (including phenoxy) is 1. The number of hydrogen-bond donors (Lipinski definition) is 1. The van der Waals surface area contributed by atoms with Crippen LogP contribution in [0.5, 0.6) is 0 Å². The van der Waals surface area contributed by atoms with Crippen LogP contribution < -0.4 is 5.32 Å². The normalized spacial score (nSPS) is 25.4. The second-order valence-corrected chi connectivity index (χ2v) is 6.90. The van der Waals surface area contributed by atoms with Crippen molar-refractivity contribution in [3.8, 4) is 0 Å². The van der Waals surface area contributed by atoms with Crippen molar-refractivity contribution in [2.45, 2.75) is 45.4 Å². The van der Waals surface area contributed by atoms with E-state index < -0.39 is 0 Å². The second-order valence-electron chi connectivity index (χ2n) is 4.99. The zero-order chi connectivity index (χ0) is 12.3. The lowest BCUT2D eigenvalue weighted by Crippen LogP contribution is -2.40. The van der Waals surface area contributed by atoms with E-state index in [1.807, 2.05) is 0 Å². The lowest BCUT2D eigenvalue weighted by molar-refractivity contribution is -0.0245. The van der Waals surface area contributed by atoms with Gasteiger partial charge in [-0.15, -0.1) is 11.3 Å². The van der Waals surface area contributed by atoms with Crippen LogP contribution in [-0.4, -0.2) is 18.8 Å². The molecule has 1 aliphatic heterocycles. The van der Waals surface area contributed by atoms with Gasteiger partial charge in [-0.2, -0.15) is 0 Å². The van der Waals surface area contributed by atoms with Crippen molar-refractivity contribution in [3.63, 3.8) is 0 Å². The molecule has 0 aliphatic carbocycles. The fourth-order valence-electron chi connectivity index (χ4n) is 2.17. The number of thiophene rings is 1. The van der Waals surface area contributed by atoms with Crippen LogP contribution in [0.15, 0.2) is 15.9 Å². The molecule has 17 heavy (non-hydrogen) atoms. The van der Waals surface area contributed by atoms with E-state index in [4.69, 9.17) is 4.74 Å². The molecule has 1 aromatic rings. The van der Waals surface area contributed by atoms with Gasteiger partial charge < -0.3 is 10.1 Å². The SMILES string of the molecule is CC(C)C1CC(NCc2cc(Br)cs2)CCO1. The first kappa shape index (κ1) is 13.5. The van der Waals surface area contributed by atoms with Gasteiger partial charge in [0.15, 0.2) is 0 Å². The Morgan fingerprint density at radius 2 is 2.41 bits per heavy atom. The average molecular weight is 318 g/mol. The monoisotopic (exact) mass is 317 g/mol. The molecule has 0 amide bonds. The van der Waals surface area contributed by atoms with Gasteiger partial charge >= 0.3 is 0 Å². The highest BCUT2D eigenvalue weighted by Crippen LogP contribution is 2.22. The van der Waals surface area contributed by atoms with Gasteiger partial charge in [0.2, 0.25) is 0 Å². The summed E-state index contributed by atoms with van der Waals surface area (Å²) >= 11 is 5.29. The van der Waals surface area contributed by atoms with Crippen molar-refractivity contribution in [3.05, 3.63) is 20.8 Å². The van der Waals surface area contributed by atoms with Gasteiger partial charge in [0.25, 0.3) is 0 Å². The van der Waals surface area contributed by atoms with E-state index in [9.17, 15) is 0 Å². The third-order valence-electron chi connectivity index (χ3n) is 3.25. The molecule has 1 N–H and O–H groups in total. The molecule has 2 unspecified atom stereocenters. The van der Waals surface area contributed by atoms with Crippen molar-refractivity contribution in [2.24, 2.45) is 5.92 Å². The van der Waals surface area contributed by atoms with Crippen molar-refractivity contribution < 1.29 is 4.74 Å². The molecule has 2 nitrogen and oxygen atoms in total. The van der Waals surface area contributed by atoms with Crippen LogP contribution in [0.1, 0.15) is 31.6 Å². The number of halogens is 1. The maximum absolute atomic E-state index is 5.78. The van der Waals surface area contributed by atoms with Gasteiger partial charge in [0, 0.05) is 33.9 Å². The molecule has 0 spiro atoms. The first-order chi connectivity index (χ1) is 8.15. The molecule has 2 rings (SSSR count). The van der Waals surface area contributed by atoms with E-state index in [0.717, 1.165) is 26.0 Å². The molecule has 4 heteroatoms. The standard InChI is InChI=1S/C13H20BrNOS/c1-9(2)13-6-11(3-4-16-13)15-7-12-5-10(14)8-17-12/h5,8-9,11,13,15H,3-4,6-7H2,1-2H3. The third-order valence-corrected chi connectivity index (χ3v) is 4.94. The van der Waals surface area contributed by atoms with Gasteiger partial charge in [0.05, 0.1) is 6.10 Å². The Kier molecular flexibility index (Phi) is 5.03. The largest absolute Gasteiger partial charge is 0.378 e. The molecule has 1 fully saturated rings. The van der Waals surface area contributed by atoms with Crippen molar-refractivity contribution in [2.75, 3.05) is 6.61 Å². The van der Waals surface area contributed by atoms with Crippen molar-refractivity contribution in [1.82, 2.24) is 5.32 Å². The van der Waals surface area contributed by atoms with E-state index in [1.165, 1.54) is 9.35 Å². The van der Waals surface area contributed by atoms with Gasteiger partial charge in [-0.05, 0) is 40.8 Å². The predicted molar refractivity (Wildman–Crippen MR) is 76.5 cm³/mol. The number of hydrogen-bond acceptors (Lipinski definition) is 3. The molecule has 0 aromatic carbocycles. The molecular formula is C13H20BrNOS. The van der Waals surface area contributed by atoms with Crippen LogP contribution in [0.25, 0.3) is 0 Å². The van der Waals surface area contributed by atoms with Gasteiger partial charge in [0.1, 0.15) is 0 Å². The Bertz CT molecular complexity index is 353. The van der Waals surface area contributed by atoms with Crippen LogP contribution in [0.2, 0.25) is 0 Å². The van der Waals surface area contributed by atoms with Crippen LogP contribution >= 0.6 is 27.3 Å². The predicted octanol–water partition coefficient (Wildman–Crippen LogP) is 3.80. The zero-order valence-corrected chi connectivity index (χ0v) is 12.8. The fraction of sp³-hybridized carbons (Fsp3) is 0.692. The van der Waals surface area contributed by atoms with Gasteiger partial charge in [-0.25, -0.2) is 0 Å². The highest BCUT2D eigenvalue weighted by Gasteiger charge is 2.24. The Morgan fingerprint density at radius 1 is 1.59 bits per heavy atom. The minimum absolute atomic E-state index is 0.427. The molecule has 0 saturated carbocycles. The van der Waals surface area contributed by atoms with E-state index in [-0.39, 0.29) is 0 Å². The highest BCUT2D eigenvalue weighted by molar-refractivity contribution is 9.10. The smallest absolute Gasteiger partial charge is 0.0612 e. The summed E-state index contributed by atoms with van der Waals surface area (Å²) in [6.45, 7) is 6.35. The van der Waals surface area contributed by atoms with Gasteiger partial charge in [-0.3, -0.25) is 0 Å². The fourth-order valence-corrected chi connectivity index (χ4v) is 3.57. The molecule has 1 aromatic heterocycles. The van der Waals surface area contributed by atoms with Crippen molar-refractivity contribution in [1.29, 1.82) is 0 Å². The van der Waals surface area contributed by atoms with Crippen LogP contribution in [0.3, 0.4) is 0 Å². The Hall–Kier alpha value is 0.1000. The Labute approximate surface area is 116 Å². The molecule has 0 bridgehead atoms. The molecule has 2 atom stereocenters. The van der Waals surface area contributed by atoms with E-state index in [1.54, 1.807) is 11.3 Å². The molecule has 1 aliphatic rings. The summed E-state index contributed by atoms with van der Waals surface area (Å²) in [7, 11) is 0. The molecule has 2 heterocycles. The quantitative estimate of drug-likeness (QED) is 0.912. The molecule has 96 valence electrons. The highest BCUT2D eigenvalue weighted by atomic mass is 79.9. The summed E-state index contributed by atoms with van der Waals surface area (Å²) in [4.78, 5) is 1.39. The Morgan fingerprint density at radius 3 is 3.06 bits per heavy atom. The molecular weight excluding hydrogens is 298 g/mol. The zero-order valence-electron chi connectivity index (χ0n) is 10.4. The Balaban J connectivity index is 1.79.